The molecule has 0 radical (unpaired) electrons. The van der Waals surface area contributed by atoms with Crippen LogP contribution in [-0.2, 0) is 11.3 Å². The molecule has 0 saturated carbocycles. The van der Waals surface area contributed by atoms with Gasteiger partial charge < -0.3 is 10.0 Å². The number of benzene rings is 2. The van der Waals surface area contributed by atoms with Gasteiger partial charge >= 0.3 is 5.97 Å². The molecule has 1 unspecified atom stereocenters. The van der Waals surface area contributed by atoms with E-state index in [9.17, 15) is 14.7 Å². The Balaban J connectivity index is 2.28. The second-order valence-electron chi connectivity index (χ2n) is 5.59. The maximum atomic E-state index is 12.9. The number of halogens is 1. The van der Waals surface area contributed by atoms with Crippen LogP contribution in [0.3, 0.4) is 0 Å². The average Bonchev–Trinajstić information content (AvgIpc) is 2.60. The smallest absolute Gasteiger partial charge is 0.308 e. The highest BCUT2D eigenvalue weighted by molar-refractivity contribution is 9.10. The van der Waals surface area contributed by atoms with Gasteiger partial charge in [0.2, 0.25) is 0 Å². The summed E-state index contributed by atoms with van der Waals surface area (Å²) in [6.45, 7) is 2.36. The van der Waals surface area contributed by atoms with Crippen LogP contribution in [0.25, 0.3) is 0 Å². The first-order chi connectivity index (χ1) is 11.5. The van der Waals surface area contributed by atoms with Crippen LogP contribution in [0.5, 0.6) is 0 Å². The van der Waals surface area contributed by atoms with Crippen LogP contribution in [0.2, 0.25) is 0 Å². The molecule has 2 aromatic rings. The third-order valence-corrected chi connectivity index (χ3v) is 4.68. The first-order valence-corrected chi connectivity index (χ1v) is 8.62. The molecule has 126 valence electrons. The van der Waals surface area contributed by atoms with Crippen LogP contribution >= 0.6 is 15.9 Å². The van der Waals surface area contributed by atoms with E-state index in [1.54, 1.807) is 29.2 Å². The molecule has 2 aromatic carbocycles. The number of carboxylic acid groups (broad SMARTS) is 1. The van der Waals surface area contributed by atoms with Gasteiger partial charge in [0.05, 0.1) is 5.92 Å². The molecule has 0 aromatic heterocycles. The van der Waals surface area contributed by atoms with E-state index in [-0.39, 0.29) is 12.5 Å². The molecule has 0 heterocycles. The molecule has 0 fully saturated rings. The second kappa shape index (κ2) is 8.64. The van der Waals surface area contributed by atoms with Crippen molar-refractivity contribution in [1.82, 2.24) is 4.90 Å². The summed E-state index contributed by atoms with van der Waals surface area (Å²) in [7, 11) is 0. The number of rotatable bonds is 7. The highest BCUT2D eigenvalue weighted by Crippen LogP contribution is 2.20. The van der Waals surface area contributed by atoms with E-state index < -0.39 is 11.9 Å². The predicted octanol–water partition coefficient (Wildman–Crippen LogP) is 4.20. The Kier molecular flexibility index (Phi) is 6.55. The zero-order valence-electron chi connectivity index (χ0n) is 13.5. The monoisotopic (exact) mass is 389 g/mol. The number of carboxylic acids is 1. The Morgan fingerprint density at radius 1 is 1.08 bits per heavy atom. The molecule has 0 aliphatic rings. The van der Waals surface area contributed by atoms with Crippen LogP contribution in [0.15, 0.2) is 59.1 Å². The number of carbonyl (C=O) groups excluding carboxylic acids is 1. The summed E-state index contributed by atoms with van der Waals surface area (Å²) in [4.78, 5) is 25.9. The first kappa shape index (κ1) is 18.2. The predicted molar refractivity (Wildman–Crippen MR) is 96.7 cm³/mol. The molecular formula is C19H20BrNO3. The third kappa shape index (κ3) is 4.68. The van der Waals surface area contributed by atoms with Crippen LogP contribution in [-0.4, -0.2) is 28.4 Å². The van der Waals surface area contributed by atoms with Gasteiger partial charge in [0.15, 0.2) is 0 Å². The summed E-state index contributed by atoms with van der Waals surface area (Å²) in [5.41, 5.74) is 1.51. The SMILES string of the molecule is CCC(CN(Cc1ccccc1Br)C(=O)c1ccccc1)C(=O)O. The van der Waals surface area contributed by atoms with Gasteiger partial charge in [-0.1, -0.05) is 59.3 Å². The van der Waals surface area contributed by atoms with E-state index in [0.717, 1.165) is 10.0 Å². The van der Waals surface area contributed by atoms with Crippen molar-refractivity contribution in [3.63, 3.8) is 0 Å². The number of hydrogen-bond acceptors (Lipinski definition) is 2. The van der Waals surface area contributed by atoms with Crippen LogP contribution in [0.1, 0.15) is 29.3 Å². The Morgan fingerprint density at radius 3 is 2.29 bits per heavy atom. The minimum atomic E-state index is -0.879. The molecule has 0 saturated heterocycles. The van der Waals surface area contributed by atoms with Gasteiger partial charge in [-0.15, -0.1) is 0 Å². The topological polar surface area (TPSA) is 57.6 Å². The number of amides is 1. The van der Waals surface area contributed by atoms with Crippen molar-refractivity contribution in [2.24, 2.45) is 5.92 Å². The van der Waals surface area contributed by atoms with Crippen molar-refractivity contribution in [2.45, 2.75) is 19.9 Å². The first-order valence-electron chi connectivity index (χ1n) is 7.83. The molecule has 5 heteroatoms. The number of carbonyl (C=O) groups is 2. The standard InChI is InChI=1S/C19H20BrNO3/c1-2-14(19(23)24)12-21(13-16-10-6-7-11-17(16)20)18(22)15-8-4-3-5-9-15/h3-11,14H,2,12-13H2,1H3,(H,23,24). The average molecular weight is 390 g/mol. The lowest BCUT2D eigenvalue weighted by Gasteiger charge is -2.26. The Labute approximate surface area is 150 Å². The van der Waals surface area contributed by atoms with Crippen molar-refractivity contribution < 1.29 is 14.7 Å². The van der Waals surface area contributed by atoms with Crippen LogP contribution in [0.4, 0.5) is 0 Å². The summed E-state index contributed by atoms with van der Waals surface area (Å²) in [5.74, 6) is -1.62. The van der Waals surface area contributed by atoms with Gasteiger partial charge in [-0.2, -0.15) is 0 Å². The lowest BCUT2D eigenvalue weighted by Crippen LogP contribution is -2.37. The van der Waals surface area contributed by atoms with E-state index in [4.69, 9.17) is 0 Å². The normalized spacial score (nSPS) is 11.8. The number of hydrogen-bond donors (Lipinski definition) is 1. The van der Waals surface area contributed by atoms with Gasteiger partial charge in [-0.25, -0.2) is 0 Å². The summed E-state index contributed by atoms with van der Waals surface area (Å²) < 4.78 is 0.902. The fourth-order valence-electron chi connectivity index (χ4n) is 2.46. The maximum absolute atomic E-state index is 12.9. The van der Waals surface area contributed by atoms with Crippen molar-refractivity contribution in [2.75, 3.05) is 6.54 Å². The minimum absolute atomic E-state index is 0.161. The zero-order valence-corrected chi connectivity index (χ0v) is 15.1. The van der Waals surface area contributed by atoms with Crippen LogP contribution in [0, 0.1) is 5.92 Å². The molecule has 0 aliphatic carbocycles. The van der Waals surface area contributed by atoms with Crippen molar-refractivity contribution in [3.8, 4) is 0 Å². The highest BCUT2D eigenvalue weighted by atomic mass is 79.9. The van der Waals surface area contributed by atoms with Crippen molar-refractivity contribution in [3.05, 3.63) is 70.2 Å². The van der Waals surface area contributed by atoms with Gasteiger partial charge in [-0.05, 0) is 30.2 Å². The second-order valence-corrected chi connectivity index (χ2v) is 6.44. The van der Waals surface area contributed by atoms with Crippen LogP contribution < -0.4 is 0 Å². The molecule has 2 rings (SSSR count). The number of nitrogens with zero attached hydrogens (tertiary/aromatic N) is 1. The van der Waals surface area contributed by atoms with Crippen molar-refractivity contribution >= 4 is 27.8 Å². The quantitative estimate of drug-likeness (QED) is 0.771. The molecule has 0 bridgehead atoms. The van der Waals surface area contributed by atoms with E-state index in [0.29, 0.717) is 18.5 Å². The highest BCUT2D eigenvalue weighted by Gasteiger charge is 2.24. The van der Waals surface area contributed by atoms with E-state index in [2.05, 4.69) is 15.9 Å². The molecule has 0 aliphatic heterocycles. The van der Waals surface area contributed by atoms with Gasteiger partial charge in [0.25, 0.3) is 5.91 Å². The van der Waals surface area contributed by atoms with E-state index >= 15 is 0 Å². The molecule has 1 atom stereocenters. The molecule has 4 nitrogen and oxygen atoms in total. The fourth-order valence-corrected chi connectivity index (χ4v) is 2.87. The van der Waals surface area contributed by atoms with Crippen molar-refractivity contribution in [1.29, 1.82) is 0 Å². The zero-order chi connectivity index (χ0) is 17.5. The van der Waals surface area contributed by atoms with E-state index in [1.165, 1.54) is 0 Å². The lowest BCUT2D eigenvalue weighted by molar-refractivity contribution is -0.142. The maximum Gasteiger partial charge on any atom is 0.308 e. The largest absolute Gasteiger partial charge is 0.481 e. The number of aliphatic carboxylic acids is 1. The molecule has 0 spiro atoms. The third-order valence-electron chi connectivity index (χ3n) is 3.91. The molecular weight excluding hydrogens is 370 g/mol. The molecule has 1 amide bonds. The summed E-state index contributed by atoms with van der Waals surface area (Å²) in [6.07, 6.45) is 0.476. The molecule has 1 N–H and O–H groups in total. The lowest BCUT2D eigenvalue weighted by atomic mass is 10.0. The summed E-state index contributed by atoms with van der Waals surface area (Å²) in [5, 5.41) is 9.35. The van der Waals surface area contributed by atoms with Gasteiger partial charge in [-0.3, -0.25) is 9.59 Å². The Hall–Kier alpha value is -2.14. The summed E-state index contributed by atoms with van der Waals surface area (Å²) >= 11 is 3.49. The Morgan fingerprint density at radius 2 is 1.71 bits per heavy atom. The Bertz CT molecular complexity index is 703. The van der Waals surface area contributed by atoms with Gasteiger partial charge in [0.1, 0.15) is 0 Å². The summed E-state index contributed by atoms with van der Waals surface area (Å²) in [6, 6.07) is 16.6. The van der Waals surface area contributed by atoms with E-state index in [1.807, 2.05) is 37.3 Å². The van der Waals surface area contributed by atoms with Gasteiger partial charge in [0, 0.05) is 23.1 Å². The minimum Gasteiger partial charge on any atom is -0.481 e. The molecule has 24 heavy (non-hydrogen) atoms. The fraction of sp³-hybridized carbons (Fsp3) is 0.263.